The molecule has 4 aromatic heterocycles. The van der Waals surface area contributed by atoms with E-state index in [1.165, 1.54) is 50.4 Å². The Kier molecular flexibility index (Phi) is 39.5. The number of likely N-dealkylation sites (N-methyl/N-ethyl adjacent to an activating group) is 2. The molecular formula is C89H140F2N12O22S2. The summed E-state index contributed by atoms with van der Waals surface area (Å²) >= 11 is 2.88. The number of ether oxygens (including phenoxy) is 11. The summed E-state index contributed by atoms with van der Waals surface area (Å²) in [6, 6.07) is 6.83. The van der Waals surface area contributed by atoms with Gasteiger partial charge in [0.15, 0.2) is 36.5 Å². The first-order valence-corrected chi connectivity index (χ1v) is 44.3. The van der Waals surface area contributed by atoms with Crippen LogP contribution < -0.4 is 17.4 Å². The molecule has 6 saturated heterocycles. The van der Waals surface area contributed by atoms with Crippen LogP contribution in [0.4, 0.5) is 20.4 Å². The normalized spacial score (nSPS) is 36.8. The van der Waals surface area contributed by atoms with Gasteiger partial charge >= 0.3 is 11.9 Å². The number of methoxy groups -OCH3 is 1. The second-order valence-corrected chi connectivity index (χ2v) is 36.9. The number of nitrogens with two attached hydrogens (primary N) is 3. The summed E-state index contributed by atoms with van der Waals surface area (Å²) in [5, 5.41) is 45.6. The Labute approximate surface area is 754 Å². The van der Waals surface area contributed by atoms with Crippen LogP contribution in [0.2, 0.25) is 0 Å². The van der Waals surface area contributed by atoms with Gasteiger partial charge in [0.2, 0.25) is 5.91 Å². The van der Waals surface area contributed by atoms with E-state index in [-0.39, 0.29) is 90.6 Å². The highest BCUT2D eigenvalue weighted by molar-refractivity contribution is 7.13. The van der Waals surface area contributed by atoms with E-state index >= 15 is 8.78 Å². The molecule has 0 spiro atoms. The van der Waals surface area contributed by atoms with Crippen LogP contribution in [-0.2, 0) is 104 Å². The van der Waals surface area contributed by atoms with Gasteiger partial charge in [0.1, 0.15) is 82.8 Å². The quantitative estimate of drug-likeness (QED) is 0.0325. The average Bonchev–Trinajstić information content (AvgIpc) is 1.69. The van der Waals surface area contributed by atoms with Gasteiger partial charge in [-0.2, -0.15) is 0 Å². The Morgan fingerprint density at radius 1 is 0.622 bits per heavy atom. The Morgan fingerprint density at radius 3 is 1.49 bits per heavy atom. The molecule has 6 aliphatic heterocycles. The molecule has 4 aromatic rings. The Hall–Kier alpha value is -7.19. The maximum absolute atomic E-state index is 17.0. The number of Topliss-reactive ketones (excluding diaryl/α,β-unsaturated/α-hetero) is 3. The lowest BCUT2D eigenvalue weighted by Crippen LogP contribution is -2.61. The summed E-state index contributed by atoms with van der Waals surface area (Å²) in [7, 11) is 10.6. The zero-order valence-electron chi connectivity index (χ0n) is 76.3. The number of aliphatic hydroxyl groups excluding tert-OH is 1. The van der Waals surface area contributed by atoms with Crippen LogP contribution in [0.1, 0.15) is 189 Å². The first-order chi connectivity index (χ1) is 58.6. The molecule has 9 N–H and O–H groups in total. The van der Waals surface area contributed by atoms with Gasteiger partial charge in [0.25, 0.3) is 11.3 Å². The molecule has 127 heavy (non-hydrogen) atoms. The fraction of sp³-hybridized carbons (Fsp3) is 0.719. The van der Waals surface area contributed by atoms with Crippen molar-refractivity contribution in [2.75, 3.05) is 80.2 Å². The number of ketones is 3. The molecule has 4 bridgehead atoms. The van der Waals surface area contributed by atoms with E-state index in [1.807, 2.05) is 90.8 Å². The number of halogens is 2. The number of hydrogen-bond donors (Lipinski definition) is 6. The van der Waals surface area contributed by atoms with Crippen LogP contribution in [-0.4, -0.2) is 286 Å². The smallest absolute Gasteiger partial charge is 0.351 e. The lowest BCUT2D eigenvalue weighted by atomic mass is 9.73. The molecule has 0 unspecified atom stereocenters. The number of carbonyl (C=O) groups excluding carboxylic acids is 6. The first-order valence-electron chi connectivity index (χ1n) is 42.5. The minimum atomic E-state index is -3.23. The predicted molar refractivity (Wildman–Crippen MR) is 478 cm³/mol. The molecule has 6 aliphatic rings. The minimum absolute atomic E-state index is 0. The molecule has 714 valence electrons. The number of fused-ring (bicyclic) bond motifs is 10. The van der Waals surface area contributed by atoms with Crippen molar-refractivity contribution in [2.45, 2.75) is 310 Å². The van der Waals surface area contributed by atoms with Gasteiger partial charge in [-0.25, -0.2) is 39.2 Å². The Bertz CT molecular complexity index is 4370. The highest BCUT2D eigenvalue weighted by Gasteiger charge is 2.60. The third-order valence-corrected chi connectivity index (χ3v) is 26.4. The molecule has 1 amide bonds. The zero-order valence-corrected chi connectivity index (χ0v) is 77.9. The third kappa shape index (κ3) is 26.0. The summed E-state index contributed by atoms with van der Waals surface area (Å²) in [5.74, 6) is -5.36. The molecule has 6 fully saturated rings. The van der Waals surface area contributed by atoms with Gasteiger partial charge in [-0.3, -0.25) is 39.0 Å². The van der Waals surface area contributed by atoms with Gasteiger partial charge in [-0.05, 0) is 158 Å². The number of pyridine rings is 2. The van der Waals surface area contributed by atoms with Gasteiger partial charge in [-0.15, -0.1) is 22.7 Å². The van der Waals surface area contributed by atoms with Gasteiger partial charge < -0.3 is 93.5 Å². The fourth-order valence-corrected chi connectivity index (χ4v) is 19.3. The SMILES string of the molecule is C.C.CCC(=O)N=C1[C@H](C)C[C@@]2(C)OCC(=NOCc3ccc(-c4nc(N)cs4)cn3)CO[C@H]([C@H]1C)[C@](C)(O)[C@@H](CC)OC(=O)[C@@](C)(F)C(=O)[C@H](C)[C@H]2O[C@@H]1O[C@H](C)C[C@H](N(C)C)[C@H]1O.CC[C@H]1OC(=O)[C@@](C)(F)C(=O)[C@H](C)[C@@H](O[C@@H]2O[C@H](C)C[C@H](N(C)C)[C@H]2OC)[C@@]2(C)C[C@@H](C)C(=NC)[C@H](C)[C@@H](OCC(=O)CO2)[C@]1(C)O.NOCc1ccc(-c2nc(N)cs2)cn1. The Morgan fingerprint density at radius 2 is 1.06 bits per heavy atom. The maximum Gasteiger partial charge on any atom is 0.351 e. The number of nitrogen functional groups attached to an aromatic ring is 2. The van der Waals surface area contributed by atoms with Crippen molar-refractivity contribution in [1.82, 2.24) is 29.7 Å². The molecule has 38 heteroatoms. The number of cyclic esters (lactones) is 2. The van der Waals surface area contributed by atoms with Crippen LogP contribution in [0.15, 0.2) is 62.6 Å². The van der Waals surface area contributed by atoms with Crippen LogP contribution in [0.5, 0.6) is 0 Å². The maximum atomic E-state index is 17.0. The largest absolute Gasteiger partial charge is 0.457 e. The van der Waals surface area contributed by atoms with Crippen LogP contribution in [0, 0.1) is 35.5 Å². The topological polar surface area (TPSA) is 456 Å². The summed E-state index contributed by atoms with van der Waals surface area (Å²) in [6.45, 7) is 25.6. The van der Waals surface area contributed by atoms with Crippen molar-refractivity contribution in [3.63, 3.8) is 0 Å². The van der Waals surface area contributed by atoms with E-state index in [0.29, 0.717) is 53.2 Å². The fourth-order valence-electron chi connectivity index (χ4n) is 17.9. The number of aliphatic imine (C=N–C) groups is 2. The number of thiazole rings is 2. The molecule has 0 aliphatic carbocycles. The van der Waals surface area contributed by atoms with Crippen molar-refractivity contribution < 1.29 is 115 Å². The minimum Gasteiger partial charge on any atom is -0.457 e. The molecule has 34 nitrogen and oxygen atoms in total. The number of esters is 2. The summed E-state index contributed by atoms with van der Waals surface area (Å²) in [6.07, 6.45) is -7.66. The summed E-state index contributed by atoms with van der Waals surface area (Å²) in [4.78, 5) is 123. The van der Waals surface area contributed by atoms with Crippen molar-refractivity contribution in [3.8, 4) is 21.1 Å². The van der Waals surface area contributed by atoms with Crippen molar-refractivity contribution >= 4 is 86.6 Å². The molecule has 10 heterocycles. The number of rotatable bonds is 17. The third-order valence-electron chi connectivity index (χ3n) is 24.6. The monoisotopic (exact) mass is 1830 g/mol. The highest BCUT2D eigenvalue weighted by Crippen LogP contribution is 2.45. The zero-order chi connectivity index (χ0) is 92.9. The van der Waals surface area contributed by atoms with E-state index in [1.54, 1.807) is 84.9 Å². The predicted octanol–water partition coefficient (Wildman–Crippen LogP) is 10.1. The number of alkyl halides is 2. The molecular weight excluding hydrogens is 1690 g/mol. The number of hydrogen-bond acceptors (Lipinski definition) is 35. The standard InChI is InChI=1S/C44H65FN6O11S.C34H57FN2O10.C9H10N4OS.2CH4/c1-12-31-44(9,56)38-25(5)34(49-33(52)13-2)23(3)17-42(7,58-20-29(19-57-38)50-59-21-28-15-14-27(18-47-28)39-48-32(46)22-63-39)37(26(6)36(54)43(8,45)41(55)61-31)62-40-35(53)30(51(10)11)16-24(4)60-40;1-13-24-34(8,41)29-20(4)25(36-9)18(2)15-32(6,44-17-22(38)16-43-29)28(21(5)27(39)33(7,35)31(40)46-24)47-30-26(42-12)23(37(10)11)14-19(3)45-30;10-8-5-15-9(13-8)6-1-2-7(4-14-11)12-3-6;;/h14-15,18,22-26,30-31,35,37-38,40,53,56H,12-13,16-17,19-21,46H2,1-11H3;18-21,23-24,26,28-30,41H,13-17H2,1-12H3;1-3,5H,4,10-11H2;2*1H4/t23-,24-,25+,26+,30+,31-,35-,37-,38-,40+,42-,43+,44-;18-,19-,20+,21+,23+,24-,26-,28-,29-,30+,32-,33+,34-;;;/m11.../s1. The molecule has 0 aromatic carbocycles. The van der Waals surface area contributed by atoms with Crippen molar-refractivity contribution in [1.29, 1.82) is 0 Å². The second-order valence-electron chi connectivity index (χ2n) is 35.2. The molecule has 0 radical (unpaired) electrons. The summed E-state index contributed by atoms with van der Waals surface area (Å²) in [5.41, 5.74) is 2.25. The number of anilines is 2. The summed E-state index contributed by atoms with van der Waals surface area (Å²) < 4.78 is 102. The van der Waals surface area contributed by atoms with Gasteiger partial charge in [0.05, 0.1) is 72.4 Å². The van der Waals surface area contributed by atoms with E-state index < -0.39 is 185 Å². The number of aliphatic hydroxyl groups is 3. The molecule has 0 saturated carbocycles. The van der Waals surface area contributed by atoms with Crippen molar-refractivity contribution in [3.05, 3.63) is 58.8 Å². The lowest BCUT2D eigenvalue weighted by Gasteiger charge is -2.48. The van der Waals surface area contributed by atoms with E-state index in [4.69, 9.17) is 74.3 Å². The van der Waals surface area contributed by atoms with Gasteiger partial charge in [0, 0.05) is 102 Å². The number of nitrogens with zero attached hydrogens (tertiary/aromatic N) is 9. The van der Waals surface area contributed by atoms with Crippen molar-refractivity contribution in [2.24, 2.45) is 56.5 Å². The first kappa shape index (κ1) is 109. The lowest BCUT2D eigenvalue weighted by molar-refractivity contribution is -0.300. The highest BCUT2D eigenvalue weighted by atomic mass is 32.1. The van der Waals surface area contributed by atoms with E-state index in [0.717, 1.165) is 35.7 Å². The molecule has 26 atom stereocenters. The van der Waals surface area contributed by atoms with E-state index in [9.17, 15) is 44.1 Å². The van der Waals surface area contributed by atoms with Crippen LogP contribution in [0.3, 0.4) is 0 Å². The number of amides is 1. The van der Waals surface area contributed by atoms with Crippen LogP contribution >= 0.6 is 22.7 Å². The number of oxime groups is 1. The molecule has 10 rings (SSSR count). The Balaban J connectivity index is 0.000000340. The van der Waals surface area contributed by atoms with Crippen LogP contribution in [0.25, 0.3) is 21.1 Å². The number of aromatic nitrogens is 4. The number of carbonyl (C=O) groups is 6. The van der Waals surface area contributed by atoms with E-state index in [2.05, 4.69) is 39.9 Å². The van der Waals surface area contributed by atoms with Gasteiger partial charge in [-0.1, -0.05) is 82.3 Å². The second kappa shape index (κ2) is 46.3. The average molecular weight is 1830 g/mol.